The van der Waals surface area contributed by atoms with Gasteiger partial charge in [-0.2, -0.15) is 0 Å². The second-order valence-corrected chi connectivity index (χ2v) is 26.0. The number of aliphatic hydroxyl groups is 2. The van der Waals surface area contributed by atoms with Crippen molar-refractivity contribution in [2.45, 2.75) is 437 Å². The van der Waals surface area contributed by atoms with Gasteiger partial charge >= 0.3 is 5.97 Å². The third kappa shape index (κ3) is 67.5. The lowest BCUT2D eigenvalue weighted by Crippen LogP contribution is -2.45. The summed E-state index contributed by atoms with van der Waals surface area (Å²) in [6, 6.07) is -0.538. The van der Waals surface area contributed by atoms with E-state index in [1.54, 1.807) is 0 Å². The topological polar surface area (TPSA) is 95.9 Å². The van der Waals surface area contributed by atoms with Crippen LogP contribution in [0.3, 0.4) is 0 Å². The Labute approximate surface area is 513 Å². The summed E-state index contributed by atoms with van der Waals surface area (Å²) < 4.78 is 5.51. The van der Waals surface area contributed by atoms with Gasteiger partial charge in [-0.15, -0.1) is 0 Å². The Kier molecular flexibility index (Phi) is 70.4. The predicted molar refractivity (Wildman–Crippen MR) is 361 cm³/mol. The average Bonchev–Trinajstić information content (AvgIpc) is 3.48. The quantitative estimate of drug-likeness (QED) is 0.0320. The lowest BCUT2D eigenvalue weighted by molar-refractivity contribution is -0.143. The van der Waals surface area contributed by atoms with Crippen LogP contribution in [0.5, 0.6) is 0 Å². The normalized spacial score (nSPS) is 12.6. The van der Waals surface area contributed by atoms with Gasteiger partial charge in [0.1, 0.15) is 0 Å². The molecular formula is C76H147NO5. The number of hydrogen-bond donors (Lipinski definition) is 3. The smallest absolute Gasteiger partial charge is 0.305 e. The number of nitrogens with one attached hydrogen (secondary N) is 1. The number of amides is 1. The van der Waals surface area contributed by atoms with Crippen molar-refractivity contribution in [3.05, 3.63) is 24.3 Å². The molecule has 0 aromatic rings. The van der Waals surface area contributed by atoms with Crippen molar-refractivity contribution in [3.8, 4) is 0 Å². The van der Waals surface area contributed by atoms with Crippen LogP contribution < -0.4 is 5.32 Å². The Morgan fingerprint density at radius 2 is 0.610 bits per heavy atom. The maximum absolute atomic E-state index is 12.5. The molecule has 1 amide bonds. The zero-order chi connectivity index (χ0) is 59.2. The van der Waals surface area contributed by atoms with E-state index in [-0.39, 0.29) is 18.5 Å². The van der Waals surface area contributed by atoms with Gasteiger partial charge in [-0.1, -0.05) is 378 Å². The maximum atomic E-state index is 12.5. The third-order valence-electron chi connectivity index (χ3n) is 17.8. The van der Waals surface area contributed by atoms with Crippen molar-refractivity contribution in [2.75, 3.05) is 13.2 Å². The van der Waals surface area contributed by atoms with Crippen LogP contribution in [0.25, 0.3) is 0 Å². The summed E-state index contributed by atoms with van der Waals surface area (Å²) in [5.41, 5.74) is 0. The van der Waals surface area contributed by atoms with E-state index in [0.717, 1.165) is 44.9 Å². The molecule has 3 N–H and O–H groups in total. The highest BCUT2D eigenvalue weighted by molar-refractivity contribution is 5.76. The van der Waals surface area contributed by atoms with E-state index in [1.165, 1.54) is 347 Å². The number of rotatable bonds is 71. The molecule has 0 bridgehead atoms. The molecule has 0 rings (SSSR count). The van der Waals surface area contributed by atoms with Gasteiger partial charge in [0.25, 0.3) is 0 Å². The van der Waals surface area contributed by atoms with E-state index >= 15 is 0 Å². The van der Waals surface area contributed by atoms with E-state index in [2.05, 4.69) is 43.5 Å². The molecule has 0 heterocycles. The molecule has 0 aromatic heterocycles. The number of hydrogen-bond acceptors (Lipinski definition) is 5. The number of allylic oxidation sites excluding steroid dienone is 4. The van der Waals surface area contributed by atoms with E-state index < -0.39 is 12.1 Å². The van der Waals surface area contributed by atoms with Gasteiger partial charge in [0.15, 0.2) is 0 Å². The first-order valence-electron chi connectivity index (χ1n) is 37.6. The summed E-state index contributed by atoms with van der Waals surface area (Å²) in [5.74, 6) is -0.00889. The zero-order valence-electron chi connectivity index (χ0n) is 55.8. The molecule has 0 spiro atoms. The number of carbonyl (C=O) groups is 2. The Morgan fingerprint density at radius 1 is 0.341 bits per heavy atom. The first-order chi connectivity index (χ1) is 40.5. The van der Waals surface area contributed by atoms with E-state index in [9.17, 15) is 19.8 Å². The largest absolute Gasteiger partial charge is 0.466 e. The van der Waals surface area contributed by atoms with Crippen molar-refractivity contribution in [1.82, 2.24) is 5.32 Å². The Hall–Kier alpha value is -1.66. The van der Waals surface area contributed by atoms with Gasteiger partial charge in [0, 0.05) is 12.8 Å². The summed E-state index contributed by atoms with van der Waals surface area (Å²) in [7, 11) is 0. The van der Waals surface area contributed by atoms with E-state index in [4.69, 9.17) is 4.74 Å². The molecule has 2 unspecified atom stereocenters. The standard InChI is InChI=1S/C76H147NO5/c1-3-5-7-9-11-13-15-17-18-19-40-43-46-50-54-58-62-66-70-76(81)82-71-67-63-59-55-51-47-44-41-38-36-34-32-30-28-26-24-22-20-21-23-25-27-29-31-33-35-37-39-42-45-49-53-57-61-65-69-75(80)77-73(72-78)74(79)68-64-60-56-52-48-16-14-12-10-8-6-4-2/h22,24,28,30,73-74,78-79H,3-21,23,25-27,29,31-72H2,1-2H3,(H,77,80)/b24-22-,30-28-. The zero-order valence-corrected chi connectivity index (χ0v) is 55.8. The number of ether oxygens (including phenoxy) is 1. The Balaban J connectivity index is 3.33. The van der Waals surface area contributed by atoms with Crippen LogP contribution in [-0.2, 0) is 14.3 Å². The van der Waals surface area contributed by atoms with Gasteiger partial charge < -0.3 is 20.3 Å². The Morgan fingerprint density at radius 3 is 0.927 bits per heavy atom. The minimum atomic E-state index is -0.661. The second kappa shape index (κ2) is 71.8. The van der Waals surface area contributed by atoms with Gasteiger partial charge in [-0.05, 0) is 57.8 Å². The highest BCUT2D eigenvalue weighted by atomic mass is 16.5. The number of aliphatic hydroxyl groups excluding tert-OH is 2. The Bertz CT molecular complexity index is 1280. The van der Waals surface area contributed by atoms with Crippen molar-refractivity contribution >= 4 is 11.9 Å². The summed E-state index contributed by atoms with van der Waals surface area (Å²) >= 11 is 0. The fourth-order valence-corrected chi connectivity index (χ4v) is 12.0. The molecule has 0 saturated heterocycles. The molecule has 0 radical (unpaired) electrons. The minimum Gasteiger partial charge on any atom is -0.466 e. The monoisotopic (exact) mass is 1150 g/mol. The van der Waals surface area contributed by atoms with Crippen LogP contribution in [-0.4, -0.2) is 47.4 Å². The van der Waals surface area contributed by atoms with Gasteiger partial charge in [0.05, 0.1) is 25.4 Å². The first-order valence-corrected chi connectivity index (χ1v) is 37.6. The summed E-state index contributed by atoms with van der Waals surface area (Å²) in [6.45, 7) is 4.99. The molecule has 486 valence electrons. The molecular weight excluding hydrogens is 1010 g/mol. The summed E-state index contributed by atoms with van der Waals surface area (Å²) in [6.07, 6.45) is 91.2. The molecule has 0 saturated carbocycles. The maximum Gasteiger partial charge on any atom is 0.305 e. The first kappa shape index (κ1) is 80.3. The molecule has 6 heteroatoms. The molecule has 0 aliphatic rings. The second-order valence-electron chi connectivity index (χ2n) is 26.0. The number of unbranched alkanes of at least 4 members (excludes halogenated alkanes) is 56. The fraction of sp³-hybridized carbons (Fsp3) is 0.921. The lowest BCUT2D eigenvalue weighted by Gasteiger charge is -2.22. The van der Waals surface area contributed by atoms with Crippen LogP contribution >= 0.6 is 0 Å². The van der Waals surface area contributed by atoms with Crippen LogP contribution in [0.2, 0.25) is 0 Å². The minimum absolute atomic E-state index is 0.0220. The average molecular weight is 1160 g/mol. The highest BCUT2D eigenvalue weighted by Crippen LogP contribution is 2.19. The number of esters is 1. The third-order valence-corrected chi connectivity index (χ3v) is 17.8. The molecule has 82 heavy (non-hydrogen) atoms. The van der Waals surface area contributed by atoms with Crippen LogP contribution in [0.4, 0.5) is 0 Å². The van der Waals surface area contributed by atoms with E-state index in [1.807, 2.05) is 0 Å². The highest BCUT2D eigenvalue weighted by Gasteiger charge is 2.20. The molecule has 0 aromatic carbocycles. The van der Waals surface area contributed by atoms with Crippen LogP contribution in [0.15, 0.2) is 24.3 Å². The predicted octanol–water partition coefficient (Wildman–Crippen LogP) is 24.5. The summed E-state index contributed by atoms with van der Waals surface area (Å²) in [5, 5.41) is 23.3. The van der Waals surface area contributed by atoms with Crippen molar-refractivity contribution < 1.29 is 24.5 Å². The molecule has 2 atom stereocenters. The summed E-state index contributed by atoms with van der Waals surface area (Å²) in [4.78, 5) is 24.6. The molecule has 0 aliphatic carbocycles. The van der Waals surface area contributed by atoms with Crippen molar-refractivity contribution in [1.29, 1.82) is 0 Å². The molecule has 0 fully saturated rings. The SMILES string of the molecule is CCCCCCCCCCCCCCCCCCCCC(=O)OCCCCCCCCCCCCC/C=C\C/C=C\CCCCCCCCCCCCCCCCCCCC(=O)NC(CO)C(O)CCCCCCCCCCCCCC. The van der Waals surface area contributed by atoms with Crippen molar-refractivity contribution in [2.24, 2.45) is 0 Å². The van der Waals surface area contributed by atoms with Crippen molar-refractivity contribution in [3.63, 3.8) is 0 Å². The van der Waals surface area contributed by atoms with Crippen LogP contribution in [0.1, 0.15) is 425 Å². The van der Waals surface area contributed by atoms with Gasteiger partial charge in [-0.3, -0.25) is 9.59 Å². The van der Waals surface area contributed by atoms with Gasteiger partial charge in [-0.25, -0.2) is 0 Å². The fourth-order valence-electron chi connectivity index (χ4n) is 12.0. The van der Waals surface area contributed by atoms with E-state index in [0.29, 0.717) is 25.9 Å². The molecule has 6 nitrogen and oxygen atoms in total. The molecule has 0 aliphatic heterocycles. The lowest BCUT2D eigenvalue weighted by atomic mass is 10.0. The number of carbonyl (C=O) groups excluding carboxylic acids is 2. The van der Waals surface area contributed by atoms with Gasteiger partial charge in [0.2, 0.25) is 5.91 Å². The van der Waals surface area contributed by atoms with Crippen LogP contribution in [0, 0.1) is 0 Å².